The van der Waals surface area contributed by atoms with E-state index in [0.717, 1.165) is 29.2 Å². The van der Waals surface area contributed by atoms with Crippen LogP contribution in [0.25, 0.3) is 0 Å². The molecule has 1 aromatic rings. The Labute approximate surface area is 126 Å². The fourth-order valence-electron chi connectivity index (χ4n) is 5.13. The van der Waals surface area contributed by atoms with Gasteiger partial charge in [-0.25, -0.2) is 0 Å². The highest BCUT2D eigenvalue weighted by Crippen LogP contribution is 2.54. The maximum Gasteiger partial charge on any atom is 0.488 e. The van der Waals surface area contributed by atoms with Crippen molar-refractivity contribution in [3.05, 3.63) is 29.8 Å². The quantitative estimate of drug-likeness (QED) is 0.828. The third-order valence-corrected chi connectivity index (χ3v) is 5.86. The summed E-state index contributed by atoms with van der Waals surface area (Å²) < 4.78 is 6.28. The van der Waals surface area contributed by atoms with Crippen molar-refractivity contribution >= 4 is 12.6 Å². The topological polar surface area (TPSA) is 49.7 Å². The highest BCUT2D eigenvalue weighted by atomic mass is 16.5. The molecule has 2 N–H and O–H groups in total. The van der Waals surface area contributed by atoms with Gasteiger partial charge in [0.25, 0.3) is 0 Å². The molecule has 5 rings (SSSR count). The van der Waals surface area contributed by atoms with Crippen molar-refractivity contribution in [1.82, 2.24) is 0 Å². The molecule has 4 aliphatic rings. The van der Waals surface area contributed by atoms with Gasteiger partial charge in [0.2, 0.25) is 0 Å². The van der Waals surface area contributed by atoms with Gasteiger partial charge in [-0.2, -0.15) is 0 Å². The molecule has 4 saturated carbocycles. The lowest BCUT2D eigenvalue weighted by Crippen LogP contribution is -2.49. The lowest BCUT2D eigenvalue weighted by atomic mass is 9.55. The van der Waals surface area contributed by atoms with Crippen LogP contribution in [0.4, 0.5) is 0 Å². The number of hydrogen-bond donors (Lipinski definition) is 2. The smallest absolute Gasteiger partial charge is 0.423 e. The Hall–Kier alpha value is -0.835. The predicted octanol–water partition coefficient (Wildman–Crippen LogP) is 1.71. The predicted molar refractivity (Wildman–Crippen MR) is 81.9 cm³/mol. The standard InChI is InChI=1S/C17H23BO3/c19-18(20)16-3-1-11(2-4-16)10-21-17-14-6-12-5-13(8-14)9-15(17)7-12/h1-4,12-15,17,19-20H,5-10H2. The second-order valence-electron chi connectivity index (χ2n) is 7.32. The van der Waals surface area contributed by atoms with Crippen LogP contribution in [-0.2, 0) is 11.3 Å². The number of benzene rings is 1. The van der Waals surface area contributed by atoms with Crippen molar-refractivity contribution in [2.75, 3.05) is 0 Å². The van der Waals surface area contributed by atoms with E-state index < -0.39 is 7.12 Å². The van der Waals surface area contributed by atoms with Crippen LogP contribution < -0.4 is 5.46 Å². The van der Waals surface area contributed by atoms with Crippen molar-refractivity contribution in [3.63, 3.8) is 0 Å². The van der Waals surface area contributed by atoms with E-state index in [1.165, 1.54) is 32.1 Å². The van der Waals surface area contributed by atoms with Crippen LogP contribution in [0.15, 0.2) is 24.3 Å². The first-order chi connectivity index (χ1) is 10.2. The zero-order valence-electron chi connectivity index (χ0n) is 12.3. The molecule has 1 aromatic carbocycles. The molecule has 4 bridgehead atoms. The molecule has 0 aromatic heterocycles. The third kappa shape index (κ3) is 2.65. The van der Waals surface area contributed by atoms with Crippen molar-refractivity contribution in [1.29, 1.82) is 0 Å². The van der Waals surface area contributed by atoms with Crippen LogP contribution in [0, 0.1) is 23.7 Å². The van der Waals surface area contributed by atoms with Crippen molar-refractivity contribution in [3.8, 4) is 0 Å². The normalized spacial score (nSPS) is 37.0. The minimum absolute atomic E-state index is 0.459. The summed E-state index contributed by atoms with van der Waals surface area (Å²) in [6.07, 6.45) is 7.47. The molecule has 21 heavy (non-hydrogen) atoms. The van der Waals surface area contributed by atoms with Gasteiger partial charge in [0.1, 0.15) is 0 Å². The highest BCUT2D eigenvalue weighted by Gasteiger charge is 2.48. The van der Waals surface area contributed by atoms with E-state index in [1.54, 1.807) is 12.1 Å². The maximum atomic E-state index is 9.11. The van der Waals surface area contributed by atoms with E-state index in [1.807, 2.05) is 12.1 Å². The lowest BCUT2D eigenvalue weighted by Gasteiger charge is -2.54. The molecule has 0 heterocycles. The summed E-state index contributed by atoms with van der Waals surface area (Å²) in [5.41, 5.74) is 1.65. The fraction of sp³-hybridized carbons (Fsp3) is 0.647. The highest BCUT2D eigenvalue weighted by molar-refractivity contribution is 6.58. The van der Waals surface area contributed by atoms with E-state index in [2.05, 4.69) is 0 Å². The van der Waals surface area contributed by atoms with Gasteiger partial charge in [0.05, 0.1) is 12.7 Å². The fourth-order valence-corrected chi connectivity index (χ4v) is 5.13. The van der Waals surface area contributed by atoms with E-state index in [-0.39, 0.29) is 0 Å². The van der Waals surface area contributed by atoms with Crippen LogP contribution in [0.1, 0.15) is 37.7 Å². The molecule has 0 amide bonds. The minimum atomic E-state index is -1.38. The summed E-state index contributed by atoms with van der Waals surface area (Å²) in [6, 6.07) is 7.40. The molecule has 0 unspecified atom stereocenters. The molecular weight excluding hydrogens is 263 g/mol. The second-order valence-corrected chi connectivity index (χ2v) is 7.32. The average molecular weight is 286 g/mol. The largest absolute Gasteiger partial charge is 0.488 e. The first-order valence-electron chi connectivity index (χ1n) is 8.25. The van der Waals surface area contributed by atoms with Gasteiger partial charge in [0, 0.05) is 0 Å². The molecule has 4 fully saturated rings. The van der Waals surface area contributed by atoms with Crippen LogP contribution >= 0.6 is 0 Å². The van der Waals surface area contributed by atoms with E-state index in [0.29, 0.717) is 18.2 Å². The summed E-state index contributed by atoms with van der Waals surface area (Å²) in [5.74, 6) is 3.55. The van der Waals surface area contributed by atoms with Crippen molar-refractivity contribution in [2.45, 2.75) is 44.8 Å². The molecule has 0 spiro atoms. The van der Waals surface area contributed by atoms with Crippen molar-refractivity contribution < 1.29 is 14.8 Å². The minimum Gasteiger partial charge on any atom is -0.423 e. The van der Waals surface area contributed by atoms with Crippen LogP contribution in [0.3, 0.4) is 0 Å². The van der Waals surface area contributed by atoms with Gasteiger partial charge in [-0.15, -0.1) is 0 Å². The molecule has 4 aliphatic carbocycles. The zero-order chi connectivity index (χ0) is 14.4. The Kier molecular flexibility index (Phi) is 3.56. The first kappa shape index (κ1) is 13.8. The first-order valence-corrected chi connectivity index (χ1v) is 8.25. The SMILES string of the molecule is OB(O)c1ccc(COC2C3CC4CC(C3)CC2C4)cc1. The van der Waals surface area contributed by atoms with Crippen LogP contribution in [-0.4, -0.2) is 23.3 Å². The van der Waals surface area contributed by atoms with Gasteiger partial charge in [0.15, 0.2) is 0 Å². The van der Waals surface area contributed by atoms with Crippen LogP contribution in [0.5, 0.6) is 0 Å². The number of rotatable bonds is 4. The second kappa shape index (κ2) is 5.42. The Balaban J connectivity index is 1.38. The monoisotopic (exact) mass is 286 g/mol. The zero-order valence-corrected chi connectivity index (χ0v) is 12.3. The Morgan fingerprint density at radius 2 is 1.48 bits per heavy atom. The maximum absolute atomic E-state index is 9.11. The van der Waals surface area contributed by atoms with Crippen molar-refractivity contribution in [2.24, 2.45) is 23.7 Å². The van der Waals surface area contributed by atoms with Gasteiger partial charge < -0.3 is 14.8 Å². The van der Waals surface area contributed by atoms with E-state index >= 15 is 0 Å². The Bertz CT molecular complexity index is 471. The third-order valence-electron chi connectivity index (χ3n) is 5.86. The van der Waals surface area contributed by atoms with Gasteiger partial charge >= 0.3 is 7.12 Å². The molecule has 4 heteroatoms. The summed E-state index contributed by atoms with van der Waals surface area (Å²) in [5, 5.41) is 18.2. The lowest BCUT2D eigenvalue weighted by molar-refractivity contribution is -0.131. The molecule has 0 radical (unpaired) electrons. The van der Waals surface area contributed by atoms with Gasteiger partial charge in [-0.1, -0.05) is 24.3 Å². The molecule has 3 nitrogen and oxygen atoms in total. The number of hydrogen-bond acceptors (Lipinski definition) is 3. The molecular formula is C17H23BO3. The molecule has 0 aliphatic heterocycles. The molecule has 0 atom stereocenters. The molecule has 112 valence electrons. The average Bonchev–Trinajstić information content (AvgIpc) is 2.46. The summed E-state index contributed by atoms with van der Waals surface area (Å²) >= 11 is 0. The van der Waals surface area contributed by atoms with E-state index in [9.17, 15) is 0 Å². The number of ether oxygens (including phenoxy) is 1. The van der Waals surface area contributed by atoms with Gasteiger partial charge in [-0.05, 0) is 66.8 Å². The Morgan fingerprint density at radius 3 is 2.00 bits per heavy atom. The van der Waals surface area contributed by atoms with Crippen LogP contribution in [0.2, 0.25) is 0 Å². The molecule has 0 saturated heterocycles. The van der Waals surface area contributed by atoms with E-state index in [4.69, 9.17) is 14.8 Å². The Morgan fingerprint density at radius 1 is 0.905 bits per heavy atom. The summed E-state index contributed by atoms with van der Waals surface area (Å²) in [7, 11) is -1.38. The van der Waals surface area contributed by atoms with Gasteiger partial charge in [-0.3, -0.25) is 0 Å². The summed E-state index contributed by atoms with van der Waals surface area (Å²) in [4.78, 5) is 0. The summed E-state index contributed by atoms with van der Waals surface area (Å²) in [6.45, 7) is 0.648.